The minimum atomic E-state index is -2.01. The lowest BCUT2D eigenvalue weighted by atomic mass is 10.6. The molecule has 0 aromatic rings. The molecule has 1 saturated heterocycles. The van der Waals surface area contributed by atoms with E-state index in [0.717, 1.165) is 24.9 Å². The quantitative estimate of drug-likeness (QED) is 0.746. The van der Waals surface area contributed by atoms with Crippen LogP contribution in [-0.4, -0.2) is 36.4 Å². The van der Waals surface area contributed by atoms with Gasteiger partial charge in [-0.2, -0.15) is 0 Å². The van der Waals surface area contributed by atoms with Gasteiger partial charge in [-0.25, -0.2) is 0 Å². The van der Waals surface area contributed by atoms with Crippen molar-refractivity contribution < 1.29 is 16.5 Å². The Balaban J connectivity index is 2.63. The maximum atomic E-state index is 6.18. The molecule has 17 heavy (non-hydrogen) atoms. The van der Waals surface area contributed by atoms with Crippen molar-refractivity contribution in [2.24, 2.45) is 0 Å². The highest BCUT2D eigenvalue weighted by molar-refractivity contribution is 6.81. The summed E-state index contributed by atoms with van der Waals surface area (Å²) in [5.41, 5.74) is 0. The standard InChI is InChI=1S/C9H25O4Si4/c1-6-8-16-10-14(3)12-17(5,9-7-2)13-15(4)11-16/h14-15H,6-9H2,1-5H3. The summed E-state index contributed by atoms with van der Waals surface area (Å²) in [6.07, 6.45) is 2.22. The molecule has 0 saturated carbocycles. The molecule has 8 heteroatoms. The Labute approximate surface area is 111 Å². The van der Waals surface area contributed by atoms with Crippen LogP contribution in [0.1, 0.15) is 26.7 Å². The number of rotatable bonds is 4. The molecule has 1 aliphatic rings. The molecule has 1 radical (unpaired) electrons. The Bertz CT molecular complexity index is 217. The molecule has 101 valence electrons. The van der Waals surface area contributed by atoms with E-state index in [1.165, 1.54) is 0 Å². The van der Waals surface area contributed by atoms with Crippen molar-refractivity contribution in [3.8, 4) is 0 Å². The fraction of sp³-hybridized carbons (Fsp3) is 1.00. The average Bonchev–Trinajstić information content (AvgIpc) is 2.14. The molecule has 1 fully saturated rings. The second-order valence-corrected chi connectivity index (χ2v) is 14.7. The largest absolute Gasteiger partial charge is 0.418 e. The fourth-order valence-corrected chi connectivity index (χ4v) is 16.5. The molecule has 0 aromatic carbocycles. The van der Waals surface area contributed by atoms with Gasteiger partial charge in [0, 0.05) is 0 Å². The van der Waals surface area contributed by atoms with Crippen LogP contribution in [0, 0.1) is 0 Å². The Hall–Kier alpha value is 0.708. The molecular weight excluding hydrogens is 284 g/mol. The summed E-state index contributed by atoms with van der Waals surface area (Å²) in [5.74, 6) is 0. The number of hydrogen-bond acceptors (Lipinski definition) is 4. The van der Waals surface area contributed by atoms with Crippen molar-refractivity contribution in [2.45, 2.75) is 58.4 Å². The molecule has 2 unspecified atom stereocenters. The summed E-state index contributed by atoms with van der Waals surface area (Å²) in [6.45, 7) is 10.7. The molecule has 2 atom stereocenters. The van der Waals surface area contributed by atoms with Crippen LogP contribution in [0.2, 0.25) is 31.7 Å². The minimum Gasteiger partial charge on any atom is -0.418 e. The highest BCUT2D eigenvalue weighted by Crippen LogP contribution is 2.22. The van der Waals surface area contributed by atoms with E-state index in [-0.39, 0.29) is 0 Å². The van der Waals surface area contributed by atoms with Gasteiger partial charge in [0.05, 0.1) is 0 Å². The fourth-order valence-electron chi connectivity index (χ4n) is 2.07. The lowest BCUT2D eigenvalue weighted by Gasteiger charge is -2.37. The van der Waals surface area contributed by atoms with Gasteiger partial charge in [0.25, 0.3) is 18.6 Å². The Kier molecular flexibility index (Phi) is 6.80. The van der Waals surface area contributed by atoms with E-state index in [0.29, 0.717) is 0 Å². The molecule has 1 heterocycles. The van der Waals surface area contributed by atoms with E-state index < -0.39 is 36.4 Å². The lowest BCUT2D eigenvalue weighted by Crippen LogP contribution is -2.53. The molecule has 1 aliphatic heterocycles. The van der Waals surface area contributed by atoms with Crippen molar-refractivity contribution >= 4 is 36.4 Å². The zero-order chi connectivity index (χ0) is 12.9. The van der Waals surface area contributed by atoms with Crippen LogP contribution in [-0.2, 0) is 16.5 Å². The first kappa shape index (κ1) is 15.8. The van der Waals surface area contributed by atoms with E-state index in [1.54, 1.807) is 0 Å². The summed E-state index contributed by atoms with van der Waals surface area (Å²) in [5, 5.41) is 0. The van der Waals surface area contributed by atoms with E-state index >= 15 is 0 Å². The van der Waals surface area contributed by atoms with Crippen molar-refractivity contribution in [3.05, 3.63) is 0 Å². The van der Waals surface area contributed by atoms with Crippen LogP contribution in [0.25, 0.3) is 0 Å². The van der Waals surface area contributed by atoms with E-state index in [4.69, 9.17) is 16.5 Å². The van der Waals surface area contributed by atoms with Crippen LogP contribution >= 0.6 is 0 Å². The van der Waals surface area contributed by atoms with Crippen molar-refractivity contribution in [1.82, 2.24) is 0 Å². The Morgan fingerprint density at radius 3 is 1.94 bits per heavy atom. The van der Waals surface area contributed by atoms with Gasteiger partial charge in [-0.15, -0.1) is 0 Å². The van der Waals surface area contributed by atoms with Gasteiger partial charge in [0.2, 0.25) is 0 Å². The van der Waals surface area contributed by atoms with Crippen LogP contribution in [0.3, 0.4) is 0 Å². The zero-order valence-corrected chi connectivity index (χ0v) is 15.9. The average molecular weight is 310 g/mol. The molecule has 0 amide bonds. The molecule has 0 N–H and O–H groups in total. The van der Waals surface area contributed by atoms with Gasteiger partial charge in [-0.1, -0.05) is 26.7 Å². The van der Waals surface area contributed by atoms with Gasteiger partial charge in [-0.05, 0) is 31.7 Å². The smallest absolute Gasteiger partial charge is 0.365 e. The summed E-state index contributed by atoms with van der Waals surface area (Å²) >= 11 is 0. The second kappa shape index (κ2) is 7.33. The maximum absolute atomic E-state index is 6.18. The predicted octanol–water partition coefficient (Wildman–Crippen LogP) is 2.15. The van der Waals surface area contributed by atoms with Gasteiger partial charge in [0.1, 0.15) is 0 Å². The van der Waals surface area contributed by atoms with Crippen LogP contribution in [0.5, 0.6) is 0 Å². The normalized spacial score (nSPS) is 36.5. The third kappa shape index (κ3) is 5.47. The summed E-state index contributed by atoms with van der Waals surface area (Å²) < 4.78 is 24.4. The molecule has 0 spiro atoms. The molecule has 0 aromatic heterocycles. The first-order valence-electron chi connectivity index (χ1n) is 6.54. The van der Waals surface area contributed by atoms with Crippen LogP contribution < -0.4 is 0 Å². The highest BCUT2D eigenvalue weighted by Gasteiger charge is 2.39. The van der Waals surface area contributed by atoms with Gasteiger partial charge in [0.15, 0.2) is 0 Å². The molecule has 0 aliphatic carbocycles. The molecule has 4 nitrogen and oxygen atoms in total. The van der Waals surface area contributed by atoms with E-state index in [9.17, 15) is 0 Å². The third-order valence-electron chi connectivity index (χ3n) is 2.58. The lowest BCUT2D eigenvalue weighted by molar-refractivity contribution is 0.270. The summed E-state index contributed by atoms with van der Waals surface area (Å²) in [6, 6.07) is 2.09. The topological polar surface area (TPSA) is 36.9 Å². The first-order chi connectivity index (χ1) is 7.99. The summed E-state index contributed by atoms with van der Waals surface area (Å²) in [7, 11) is -6.26. The maximum Gasteiger partial charge on any atom is 0.365 e. The van der Waals surface area contributed by atoms with E-state index in [2.05, 4.69) is 33.5 Å². The minimum absolute atomic E-state index is 1.04. The third-order valence-corrected chi connectivity index (χ3v) is 16.3. The Morgan fingerprint density at radius 1 is 1.00 bits per heavy atom. The highest BCUT2D eigenvalue weighted by atomic mass is 28.5. The number of hydrogen-bond donors (Lipinski definition) is 0. The van der Waals surface area contributed by atoms with Crippen LogP contribution in [0.15, 0.2) is 0 Å². The van der Waals surface area contributed by atoms with Gasteiger partial charge in [-0.3, -0.25) is 0 Å². The summed E-state index contributed by atoms with van der Waals surface area (Å²) in [4.78, 5) is 0. The second-order valence-electron chi connectivity index (χ2n) is 4.61. The molecule has 1 rings (SSSR count). The molecule has 0 bridgehead atoms. The zero-order valence-electron chi connectivity index (χ0n) is 11.6. The van der Waals surface area contributed by atoms with E-state index in [1.807, 2.05) is 0 Å². The predicted molar refractivity (Wildman–Crippen MR) is 77.9 cm³/mol. The Morgan fingerprint density at radius 2 is 1.53 bits per heavy atom. The van der Waals surface area contributed by atoms with Crippen LogP contribution in [0.4, 0.5) is 0 Å². The SMILES string of the molecule is CCC[Si]1O[SiH](C)O[Si](C)(CCC)O[SiH](C)O1. The first-order valence-corrected chi connectivity index (χ1v) is 14.8. The van der Waals surface area contributed by atoms with Gasteiger partial charge < -0.3 is 16.5 Å². The van der Waals surface area contributed by atoms with Crippen molar-refractivity contribution in [1.29, 1.82) is 0 Å². The molecular formula is C9H25O4Si4. The van der Waals surface area contributed by atoms with Gasteiger partial charge >= 0.3 is 17.8 Å². The van der Waals surface area contributed by atoms with Crippen molar-refractivity contribution in [2.75, 3.05) is 0 Å². The monoisotopic (exact) mass is 309 g/mol. The van der Waals surface area contributed by atoms with Crippen molar-refractivity contribution in [3.63, 3.8) is 0 Å².